The van der Waals surface area contributed by atoms with Gasteiger partial charge in [-0.05, 0) is 69.0 Å². The number of imidazole rings is 1. The normalized spacial score (nSPS) is 16.4. The summed E-state index contributed by atoms with van der Waals surface area (Å²) in [5.41, 5.74) is 3.19. The van der Waals surface area contributed by atoms with Crippen LogP contribution in [-0.2, 0) is 0 Å². The van der Waals surface area contributed by atoms with E-state index in [1.165, 1.54) is 6.07 Å². The second kappa shape index (κ2) is 8.94. The van der Waals surface area contributed by atoms with Crippen LogP contribution in [0.3, 0.4) is 0 Å². The Morgan fingerprint density at radius 2 is 2.06 bits per heavy atom. The van der Waals surface area contributed by atoms with Crippen molar-refractivity contribution in [2.75, 3.05) is 19.6 Å². The number of hydrogen-bond acceptors (Lipinski definition) is 3. The van der Waals surface area contributed by atoms with Gasteiger partial charge in [-0.3, -0.25) is 4.79 Å². The maximum atomic E-state index is 14.2. The standard InChI is InChI=1S/C24H27F3N4O/c1-14(2)30(13-23(26)27)24(32)21-9-18(25)4-5-19(21)20-8-17(16-6-7-28-10-16)12-31-15(3)29-11-22(20)31/h4-5,8-9,11-12,14,16,23,28H,6-7,10,13H2,1-3H3/t16-/m1/s1. The summed E-state index contributed by atoms with van der Waals surface area (Å²) in [5.74, 6) is -0.0945. The molecule has 8 heteroatoms. The van der Waals surface area contributed by atoms with Crippen LogP contribution in [0.15, 0.2) is 36.7 Å². The summed E-state index contributed by atoms with van der Waals surface area (Å²) in [6.45, 7) is 6.31. The quantitative estimate of drug-likeness (QED) is 0.603. The summed E-state index contributed by atoms with van der Waals surface area (Å²) >= 11 is 0. The molecule has 3 heterocycles. The van der Waals surface area contributed by atoms with Gasteiger partial charge < -0.3 is 14.6 Å². The lowest BCUT2D eigenvalue weighted by molar-refractivity contribution is 0.0476. The average molecular weight is 445 g/mol. The number of hydrogen-bond donors (Lipinski definition) is 1. The highest BCUT2D eigenvalue weighted by Gasteiger charge is 2.27. The molecule has 170 valence electrons. The first-order chi connectivity index (χ1) is 15.3. The molecule has 1 N–H and O–H groups in total. The van der Waals surface area contributed by atoms with Crippen molar-refractivity contribution >= 4 is 11.4 Å². The van der Waals surface area contributed by atoms with E-state index in [1.807, 2.05) is 17.4 Å². The van der Waals surface area contributed by atoms with Crippen molar-refractivity contribution in [3.05, 3.63) is 59.4 Å². The van der Waals surface area contributed by atoms with Crippen molar-refractivity contribution in [1.29, 1.82) is 0 Å². The Labute approximate surface area is 185 Å². The van der Waals surface area contributed by atoms with Gasteiger partial charge in [0.2, 0.25) is 0 Å². The number of nitrogens with zero attached hydrogens (tertiary/aromatic N) is 3. The van der Waals surface area contributed by atoms with Gasteiger partial charge in [-0.2, -0.15) is 0 Å². The number of carbonyl (C=O) groups is 1. The zero-order valence-corrected chi connectivity index (χ0v) is 18.4. The minimum Gasteiger partial charge on any atom is -0.330 e. The molecule has 32 heavy (non-hydrogen) atoms. The molecular formula is C24H27F3N4O. The molecule has 2 aromatic heterocycles. The van der Waals surface area contributed by atoms with Crippen molar-refractivity contribution in [3.8, 4) is 11.1 Å². The van der Waals surface area contributed by atoms with Crippen LogP contribution < -0.4 is 5.32 Å². The van der Waals surface area contributed by atoms with E-state index >= 15 is 0 Å². The molecule has 1 aromatic carbocycles. The lowest BCUT2D eigenvalue weighted by atomic mass is 9.93. The average Bonchev–Trinajstić information content (AvgIpc) is 3.41. The number of benzene rings is 1. The van der Waals surface area contributed by atoms with E-state index in [4.69, 9.17) is 0 Å². The maximum absolute atomic E-state index is 14.2. The number of fused-ring (bicyclic) bond motifs is 1. The van der Waals surface area contributed by atoms with E-state index in [1.54, 1.807) is 26.1 Å². The molecule has 3 aromatic rings. The smallest absolute Gasteiger partial charge is 0.255 e. The van der Waals surface area contributed by atoms with Crippen LogP contribution in [0.5, 0.6) is 0 Å². The summed E-state index contributed by atoms with van der Waals surface area (Å²) in [5, 5.41) is 3.36. The Balaban J connectivity index is 1.90. The molecule has 1 amide bonds. The van der Waals surface area contributed by atoms with E-state index in [-0.39, 0.29) is 5.56 Å². The largest absolute Gasteiger partial charge is 0.330 e. The van der Waals surface area contributed by atoms with E-state index in [9.17, 15) is 18.0 Å². The van der Waals surface area contributed by atoms with Crippen LogP contribution in [0, 0.1) is 12.7 Å². The number of alkyl halides is 2. The van der Waals surface area contributed by atoms with E-state index in [0.717, 1.165) is 52.9 Å². The van der Waals surface area contributed by atoms with Crippen molar-refractivity contribution in [2.24, 2.45) is 0 Å². The van der Waals surface area contributed by atoms with Crippen LogP contribution in [0.4, 0.5) is 13.2 Å². The number of aryl methyl sites for hydroxylation is 1. The molecule has 0 radical (unpaired) electrons. The van der Waals surface area contributed by atoms with Crippen LogP contribution >= 0.6 is 0 Å². The van der Waals surface area contributed by atoms with Crippen molar-refractivity contribution in [3.63, 3.8) is 0 Å². The van der Waals surface area contributed by atoms with Crippen LogP contribution in [0.2, 0.25) is 0 Å². The lowest BCUT2D eigenvalue weighted by Crippen LogP contribution is -2.40. The van der Waals surface area contributed by atoms with Crippen molar-refractivity contribution in [1.82, 2.24) is 19.6 Å². The summed E-state index contributed by atoms with van der Waals surface area (Å²) < 4.78 is 42.6. The maximum Gasteiger partial charge on any atom is 0.255 e. The van der Waals surface area contributed by atoms with Gasteiger partial charge in [0.25, 0.3) is 12.3 Å². The monoisotopic (exact) mass is 444 g/mol. The van der Waals surface area contributed by atoms with Gasteiger partial charge in [0.05, 0.1) is 23.8 Å². The van der Waals surface area contributed by atoms with Gasteiger partial charge in [-0.15, -0.1) is 0 Å². The minimum atomic E-state index is -2.68. The predicted molar refractivity (Wildman–Crippen MR) is 118 cm³/mol. The molecule has 1 fully saturated rings. The van der Waals surface area contributed by atoms with E-state index < -0.39 is 30.7 Å². The lowest BCUT2D eigenvalue weighted by Gasteiger charge is -2.27. The Hall–Kier alpha value is -2.87. The van der Waals surface area contributed by atoms with Crippen molar-refractivity contribution < 1.29 is 18.0 Å². The third-order valence-electron chi connectivity index (χ3n) is 6.10. The highest BCUT2D eigenvalue weighted by atomic mass is 19.3. The number of aromatic nitrogens is 2. The molecule has 4 rings (SSSR count). The van der Waals surface area contributed by atoms with E-state index in [2.05, 4.69) is 16.5 Å². The first kappa shape index (κ1) is 22.3. The topological polar surface area (TPSA) is 49.6 Å². The highest BCUT2D eigenvalue weighted by Crippen LogP contribution is 2.34. The second-order valence-corrected chi connectivity index (χ2v) is 8.57. The first-order valence-corrected chi connectivity index (χ1v) is 10.8. The summed E-state index contributed by atoms with van der Waals surface area (Å²) in [6.07, 6.45) is 2.09. The number of rotatable bonds is 6. The molecule has 1 saturated heterocycles. The second-order valence-electron chi connectivity index (χ2n) is 8.57. The molecule has 1 aliphatic rings. The van der Waals surface area contributed by atoms with Gasteiger partial charge in [-0.1, -0.05) is 6.07 Å². The molecule has 0 aliphatic carbocycles. The molecule has 0 unspecified atom stereocenters. The van der Waals surface area contributed by atoms with Gasteiger partial charge in [-0.25, -0.2) is 18.2 Å². The number of carbonyl (C=O) groups excluding carboxylic acids is 1. The SMILES string of the molecule is Cc1ncc2c(-c3ccc(F)cc3C(=O)N(CC(F)F)C(C)C)cc([C@@H]3CCNC3)cn12. The third kappa shape index (κ3) is 4.24. The molecule has 0 bridgehead atoms. The van der Waals surface area contributed by atoms with Gasteiger partial charge in [0.1, 0.15) is 11.6 Å². The first-order valence-electron chi connectivity index (χ1n) is 10.8. The van der Waals surface area contributed by atoms with Gasteiger partial charge in [0.15, 0.2) is 0 Å². The number of halogens is 3. The fourth-order valence-corrected chi connectivity index (χ4v) is 4.38. The fraction of sp³-hybridized carbons (Fsp3) is 0.417. The summed E-state index contributed by atoms with van der Waals surface area (Å²) in [4.78, 5) is 18.9. The predicted octanol–water partition coefficient (Wildman–Crippen LogP) is 4.64. The Bertz CT molecular complexity index is 1140. The molecule has 5 nitrogen and oxygen atoms in total. The Kier molecular flexibility index (Phi) is 6.24. The van der Waals surface area contributed by atoms with Crippen LogP contribution in [0.1, 0.15) is 47.9 Å². The summed E-state index contributed by atoms with van der Waals surface area (Å²) in [6, 6.07) is 5.55. The zero-order chi connectivity index (χ0) is 23.0. The van der Waals surface area contributed by atoms with Crippen molar-refractivity contribution in [2.45, 2.75) is 45.6 Å². The summed E-state index contributed by atoms with van der Waals surface area (Å²) in [7, 11) is 0. The minimum absolute atomic E-state index is 0.0711. The molecule has 0 spiro atoms. The Morgan fingerprint density at radius 1 is 1.28 bits per heavy atom. The highest BCUT2D eigenvalue weighted by molar-refractivity contribution is 6.03. The van der Waals surface area contributed by atoms with E-state index in [0.29, 0.717) is 11.5 Å². The van der Waals surface area contributed by atoms with Gasteiger partial charge >= 0.3 is 0 Å². The number of nitrogens with one attached hydrogen (secondary N) is 1. The zero-order valence-electron chi connectivity index (χ0n) is 18.4. The molecule has 1 aliphatic heterocycles. The Morgan fingerprint density at radius 3 is 2.72 bits per heavy atom. The number of amides is 1. The fourth-order valence-electron chi connectivity index (χ4n) is 4.38. The molecule has 0 saturated carbocycles. The number of pyridine rings is 1. The molecule has 1 atom stereocenters. The third-order valence-corrected chi connectivity index (χ3v) is 6.10. The molecular weight excluding hydrogens is 417 g/mol. The van der Waals surface area contributed by atoms with Gasteiger partial charge in [0, 0.05) is 24.3 Å². The van der Waals surface area contributed by atoms with Crippen LogP contribution in [-0.4, -0.2) is 52.3 Å². The van der Waals surface area contributed by atoms with Crippen LogP contribution in [0.25, 0.3) is 16.6 Å².